The quantitative estimate of drug-likeness (QED) is 0.114. The second-order valence-corrected chi connectivity index (χ2v) is 33.0. The first-order valence-corrected chi connectivity index (χ1v) is 39.0. The summed E-state index contributed by atoms with van der Waals surface area (Å²) in [7, 11) is 0. The number of nitrogens with one attached hydrogen (secondary N) is 3. The topological polar surface area (TPSA) is 36.1 Å². The number of fused-ring (bicyclic) bond motifs is 9. The predicted molar refractivity (Wildman–Crippen MR) is 466 cm³/mol. The van der Waals surface area contributed by atoms with Crippen molar-refractivity contribution >= 4 is 34.1 Å². The van der Waals surface area contributed by atoms with E-state index in [9.17, 15) is 1.37 Å². The lowest BCUT2D eigenvalue weighted by molar-refractivity contribution is 0.659. The van der Waals surface area contributed by atoms with Gasteiger partial charge in [0, 0.05) is 62.7 Å². The van der Waals surface area contributed by atoms with Crippen molar-refractivity contribution in [1.29, 1.82) is 0 Å². The first-order chi connectivity index (χ1) is 54.9. The molecule has 3 nitrogen and oxygen atoms in total. The molecule has 0 radical (unpaired) electrons. The van der Waals surface area contributed by atoms with E-state index in [1.807, 2.05) is 97.1 Å². The van der Waals surface area contributed by atoms with Crippen LogP contribution < -0.4 is 16.0 Å². The highest BCUT2D eigenvalue weighted by Gasteiger charge is 2.40. The molecule has 0 bridgehead atoms. The molecule has 2 saturated carbocycles. The van der Waals surface area contributed by atoms with Crippen LogP contribution in [-0.4, -0.2) is 0 Å². The number of hydrogen-bond donors (Lipinski definition) is 3. The van der Waals surface area contributed by atoms with E-state index in [2.05, 4.69) is 290 Å². The molecule has 2 fully saturated rings. The summed E-state index contributed by atoms with van der Waals surface area (Å²) in [5, 5.41) is 10.7. The molecule has 12 aromatic carbocycles. The van der Waals surface area contributed by atoms with Gasteiger partial charge in [-0.05, 0) is 251 Å². The molecule has 0 aromatic heterocycles. The molecule has 3 N–H and O–H groups in total. The van der Waals surface area contributed by atoms with Crippen molar-refractivity contribution in [3.8, 4) is 66.8 Å². The Morgan fingerprint density at radius 2 is 0.561 bits per heavy atom. The Morgan fingerprint density at radius 3 is 0.869 bits per heavy atom. The number of rotatable bonds is 12. The molecule has 0 heterocycles. The Balaban J connectivity index is 0.000000150. The molecular weight excluding hydrogens is 1290 g/mol. The van der Waals surface area contributed by atoms with E-state index in [-0.39, 0.29) is 21.8 Å². The van der Waals surface area contributed by atoms with Crippen LogP contribution in [0.2, 0.25) is 0 Å². The minimum atomic E-state index is -3.10. The monoisotopic (exact) mass is 1420 g/mol. The minimum Gasteiger partial charge on any atom is -0.355 e. The lowest BCUT2D eigenvalue weighted by Gasteiger charge is -2.24. The van der Waals surface area contributed by atoms with Gasteiger partial charge in [0.05, 0.1) is 0 Å². The van der Waals surface area contributed by atoms with Crippen molar-refractivity contribution in [2.75, 3.05) is 16.0 Å². The molecule has 107 heavy (non-hydrogen) atoms. The largest absolute Gasteiger partial charge is 0.355 e. The van der Waals surface area contributed by atoms with Gasteiger partial charge in [-0.15, -0.1) is 0 Å². The lowest BCUT2D eigenvalue weighted by Crippen LogP contribution is -2.15. The second kappa shape index (κ2) is 33.5. The predicted octanol–water partition coefficient (Wildman–Crippen LogP) is 30.9. The SMILES string of the molecule is CC(C)C.CC(C)C.CC(C)C.[2H]C([2H])([2H])C([2H])(c1cc2c(cc1Nc1ccc(-c3ccccc3)cc1)C(C)(C)c1ccccc1-2)C([2H])([2H])[2H].[2H]C1(c2cc3c(cc2Nc2ccc(-c4ccccc4)cc2)C(C)(C)c2ccccc2-3)CC1.[2H]C1(c2cc3c(cc2Nc2ccc(-c4ccccc4)cc2)C(C)(C)c2ccccc2-3)CCCC1. The van der Waals surface area contributed by atoms with Crippen LogP contribution in [0.4, 0.5) is 34.1 Å². The number of anilines is 6. The fraction of sp³-hybridized carbons (Fsp3) is 0.308. The molecule has 5 aliphatic carbocycles. The van der Waals surface area contributed by atoms with Gasteiger partial charge in [-0.2, -0.15) is 0 Å². The van der Waals surface area contributed by atoms with E-state index in [0.29, 0.717) is 11.4 Å². The summed E-state index contributed by atoms with van der Waals surface area (Å²) in [5.74, 6) is -1.34. The summed E-state index contributed by atoms with van der Waals surface area (Å²) in [5.41, 5.74) is 28.3. The summed E-state index contributed by atoms with van der Waals surface area (Å²) in [6.07, 6.45) is 5.98. The minimum absolute atomic E-state index is 0.0448. The summed E-state index contributed by atoms with van der Waals surface area (Å²) in [4.78, 5) is 0. The molecule has 0 atom stereocenters. The Kier molecular flexibility index (Phi) is 20.4. The normalized spacial score (nSPS) is 16.8. The fourth-order valence-electron chi connectivity index (χ4n) is 15.3. The third kappa shape index (κ3) is 17.7. The van der Waals surface area contributed by atoms with Crippen LogP contribution in [0.3, 0.4) is 0 Å². The van der Waals surface area contributed by atoms with Crippen molar-refractivity contribution in [3.05, 3.63) is 323 Å². The van der Waals surface area contributed by atoms with Crippen LogP contribution in [0.1, 0.15) is 236 Å². The average molecular weight is 1420 g/mol. The summed E-state index contributed by atoms with van der Waals surface area (Å²) >= 11 is 0. The molecule has 0 aliphatic heterocycles. The highest BCUT2D eigenvalue weighted by molar-refractivity contribution is 5.88. The first kappa shape index (κ1) is 65.3. The Morgan fingerprint density at radius 1 is 0.299 bits per heavy atom. The van der Waals surface area contributed by atoms with Gasteiger partial charge in [0.15, 0.2) is 0 Å². The summed E-state index contributed by atoms with van der Waals surface area (Å²) in [6, 6.07) is 93.9. The van der Waals surface area contributed by atoms with Gasteiger partial charge in [0.25, 0.3) is 0 Å². The fourth-order valence-corrected chi connectivity index (χ4v) is 15.3. The Bertz CT molecular complexity index is 5320. The maximum absolute atomic E-state index is 9.38. The molecule has 548 valence electrons. The third-order valence-corrected chi connectivity index (χ3v) is 20.7. The van der Waals surface area contributed by atoms with Crippen LogP contribution in [0.25, 0.3) is 66.8 Å². The van der Waals surface area contributed by atoms with Crippen LogP contribution >= 0.6 is 0 Å². The van der Waals surface area contributed by atoms with Crippen molar-refractivity contribution in [2.45, 2.75) is 190 Å². The molecule has 12 aromatic rings. The standard InChI is InChI=1S/C32H31N.C30H27N.C30H29N.3C4H10/c1-32(2)29-15-9-8-14-26(29)28-20-27(24-12-6-7-13-24)31(21-30(28)32)33-25-18-16-23(17-19-25)22-10-4-3-5-11-22;1-30(2)27-11-7-6-10-24(27)26-18-25(22-12-13-22)29(19-28(26)30)31-23-16-14-21(15-17-23)20-8-4-3-5-9-20;1-20(2)25-18-26-24-12-8-9-13-27(24)30(3,4)28(26)19-29(25)31-23-16-14-22(15-17-23)21-10-6-5-7-11-21;3*1-4(2)3/h3-5,8-11,14-21,24,33H,6-7,12-13H2,1-2H3;3-11,14-19,22,31H,12-13H2,1-2H3;5-20,31H,1-4H3;3*4H,1-3H3/i24D;22D;1D3,2D3,20D;;;. The molecule has 0 amide bonds. The first-order valence-electron chi connectivity index (χ1n) is 43.5. The van der Waals surface area contributed by atoms with E-state index < -0.39 is 31.4 Å². The second-order valence-electron chi connectivity index (χ2n) is 33.0. The van der Waals surface area contributed by atoms with Crippen molar-refractivity contribution < 1.29 is 12.3 Å². The van der Waals surface area contributed by atoms with E-state index in [0.717, 1.165) is 124 Å². The van der Waals surface area contributed by atoms with Crippen LogP contribution in [0.15, 0.2) is 273 Å². The maximum Gasteiger partial charge on any atom is 0.0423 e. The summed E-state index contributed by atoms with van der Waals surface area (Å²) in [6.45, 7) is 26.7. The zero-order chi connectivity index (χ0) is 83.5. The van der Waals surface area contributed by atoms with Gasteiger partial charge in [-0.1, -0.05) is 331 Å². The molecule has 0 unspecified atom stereocenters. The average Bonchev–Trinajstić information content (AvgIpc) is 1.72. The zero-order valence-corrected chi connectivity index (χ0v) is 66.0. The molecule has 0 spiro atoms. The van der Waals surface area contributed by atoms with Gasteiger partial charge in [0.1, 0.15) is 0 Å². The smallest absolute Gasteiger partial charge is 0.0423 e. The van der Waals surface area contributed by atoms with E-state index >= 15 is 0 Å². The van der Waals surface area contributed by atoms with Crippen molar-refractivity contribution in [1.82, 2.24) is 0 Å². The van der Waals surface area contributed by atoms with E-state index in [1.54, 1.807) is 6.07 Å². The summed E-state index contributed by atoms with van der Waals surface area (Å²) < 4.78 is 76.3. The maximum atomic E-state index is 9.38. The molecule has 0 saturated heterocycles. The van der Waals surface area contributed by atoms with Gasteiger partial charge in [-0.3, -0.25) is 0 Å². The van der Waals surface area contributed by atoms with E-state index in [4.69, 9.17) is 11.0 Å². The molecule has 3 heteroatoms. The van der Waals surface area contributed by atoms with E-state index in [1.165, 1.54) is 66.8 Å². The highest BCUT2D eigenvalue weighted by atomic mass is 14.9. The molecular formula is C104H117N3. The lowest BCUT2D eigenvalue weighted by atomic mass is 9.81. The van der Waals surface area contributed by atoms with Crippen molar-refractivity contribution in [3.63, 3.8) is 0 Å². The van der Waals surface area contributed by atoms with Crippen molar-refractivity contribution in [2.24, 2.45) is 17.8 Å². The van der Waals surface area contributed by atoms with Gasteiger partial charge < -0.3 is 16.0 Å². The number of hydrogen-bond acceptors (Lipinski definition) is 3. The van der Waals surface area contributed by atoms with Gasteiger partial charge in [-0.25, -0.2) is 0 Å². The van der Waals surface area contributed by atoms with Gasteiger partial charge >= 0.3 is 0 Å². The molecule has 5 aliphatic rings. The van der Waals surface area contributed by atoms with Crippen LogP contribution in [0.5, 0.6) is 0 Å². The Labute approximate surface area is 656 Å². The molecule has 17 rings (SSSR count). The third-order valence-electron chi connectivity index (χ3n) is 20.7. The van der Waals surface area contributed by atoms with Gasteiger partial charge in [0.2, 0.25) is 0 Å². The Hall–Kier alpha value is -9.96. The zero-order valence-electron chi connectivity index (χ0n) is 75.0. The van der Waals surface area contributed by atoms with Crippen LogP contribution in [-0.2, 0) is 16.2 Å². The highest BCUT2D eigenvalue weighted by Crippen LogP contribution is 2.56. The van der Waals surface area contributed by atoms with Crippen LogP contribution in [0, 0.1) is 17.8 Å². The number of benzene rings is 12.